The van der Waals surface area contributed by atoms with Crippen molar-refractivity contribution < 1.29 is 24.2 Å². The Morgan fingerprint density at radius 2 is 1.90 bits per heavy atom. The van der Waals surface area contributed by atoms with Gasteiger partial charge in [0.2, 0.25) is 5.91 Å². The normalized spacial score (nSPS) is 27.2. The van der Waals surface area contributed by atoms with E-state index in [9.17, 15) is 9.59 Å². The fourth-order valence-electron chi connectivity index (χ4n) is 2.95. The van der Waals surface area contributed by atoms with Crippen molar-refractivity contribution in [1.29, 1.82) is 0 Å². The first-order valence-electron chi connectivity index (χ1n) is 7.66. The van der Waals surface area contributed by atoms with Crippen molar-refractivity contribution in [3.8, 4) is 0 Å². The van der Waals surface area contributed by atoms with E-state index in [2.05, 4.69) is 5.32 Å². The quantitative estimate of drug-likeness (QED) is 0.825. The zero-order chi connectivity index (χ0) is 15.5. The first-order chi connectivity index (χ1) is 9.85. The van der Waals surface area contributed by atoms with Crippen LogP contribution in [0.1, 0.15) is 52.4 Å². The second-order valence-corrected chi connectivity index (χ2v) is 6.68. The fraction of sp³-hybridized carbons (Fsp3) is 0.867. The van der Waals surface area contributed by atoms with Crippen LogP contribution in [0.25, 0.3) is 0 Å². The number of nitrogens with one attached hydrogen (secondary N) is 1. The lowest BCUT2D eigenvalue weighted by Gasteiger charge is -2.49. The van der Waals surface area contributed by atoms with Crippen LogP contribution in [0, 0.1) is 5.41 Å². The predicted molar refractivity (Wildman–Crippen MR) is 75.7 cm³/mol. The third-order valence-electron chi connectivity index (χ3n) is 4.24. The highest BCUT2D eigenvalue weighted by Gasteiger charge is 2.49. The Balaban J connectivity index is 1.99. The predicted octanol–water partition coefficient (Wildman–Crippen LogP) is 1.68. The number of ether oxygens (including phenoxy) is 2. The van der Waals surface area contributed by atoms with Gasteiger partial charge in [0.25, 0.3) is 0 Å². The lowest BCUT2D eigenvalue weighted by Crippen LogP contribution is -2.59. The van der Waals surface area contributed by atoms with Crippen molar-refractivity contribution in [3.63, 3.8) is 0 Å². The molecule has 0 unspecified atom stereocenters. The Hall–Kier alpha value is -1.14. The molecule has 6 heteroatoms. The summed E-state index contributed by atoms with van der Waals surface area (Å²) >= 11 is 0. The standard InChI is InChI=1S/C15H25NO5/c1-14(2)10-20-15(7-4-3-5-8-15)21-12(14)13(19)16-9-6-11(17)18/h12H,3-10H2,1-2H3,(H,16,19)(H,17,18)/t12-/m0/s1. The molecule has 1 aliphatic heterocycles. The third kappa shape index (κ3) is 3.95. The maximum absolute atomic E-state index is 12.3. The summed E-state index contributed by atoms with van der Waals surface area (Å²) in [5, 5.41) is 11.3. The van der Waals surface area contributed by atoms with E-state index in [1.54, 1.807) is 0 Å². The van der Waals surface area contributed by atoms with Crippen LogP contribution >= 0.6 is 0 Å². The van der Waals surface area contributed by atoms with Gasteiger partial charge < -0.3 is 19.9 Å². The van der Waals surface area contributed by atoms with Crippen LogP contribution < -0.4 is 5.32 Å². The topological polar surface area (TPSA) is 84.9 Å². The minimum Gasteiger partial charge on any atom is -0.481 e. The number of amides is 1. The zero-order valence-electron chi connectivity index (χ0n) is 12.8. The van der Waals surface area contributed by atoms with Crippen LogP contribution in [0.15, 0.2) is 0 Å². The van der Waals surface area contributed by atoms with E-state index in [1.807, 2.05) is 13.8 Å². The third-order valence-corrected chi connectivity index (χ3v) is 4.24. The Morgan fingerprint density at radius 1 is 1.24 bits per heavy atom. The molecule has 2 N–H and O–H groups in total. The van der Waals surface area contributed by atoms with E-state index >= 15 is 0 Å². The van der Waals surface area contributed by atoms with Crippen LogP contribution in [0.5, 0.6) is 0 Å². The lowest BCUT2D eigenvalue weighted by molar-refractivity contribution is -0.331. The summed E-state index contributed by atoms with van der Waals surface area (Å²) < 4.78 is 12.0. The average molecular weight is 299 g/mol. The fourth-order valence-corrected chi connectivity index (χ4v) is 2.95. The van der Waals surface area contributed by atoms with Gasteiger partial charge in [-0.25, -0.2) is 0 Å². The van der Waals surface area contributed by atoms with Crippen molar-refractivity contribution in [3.05, 3.63) is 0 Å². The van der Waals surface area contributed by atoms with Crippen LogP contribution in [0.4, 0.5) is 0 Å². The van der Waals surface area contributed by atoms with Crippen molar-refractivity contribution in [2.24, 2.45) is 5.41 Å². The molecule has 1 spiro atoms. The highest BCUT2D eigenvalue weighted by Crippen LogP contribution is 2.42. The molecule has 2 fully saturated rings. The molecule has 0 aromatic rings. The molecule has 1 heterocycles. The molecule has 2 rings (SSSR count). The highest BCUT2D eigenvalue weighted by atomic mass is 16.7. The van der Waals surface area contributed by atoms with Crippen molar-refractivity contribution in [2.75, 3.05) is 13.2 Å². The molecule has 1 amide bonds. The van der Waals surface area contributed by atoms with Gasteiger partial charge in [-0.05, 0) is 12.8 Å². The Labute approximate surface area is 125 Å². The largest absolute Gasteiger partial charge is 0.481 e. The number of carboxylic acids is 1. The van der Waals surface area contributed by atoms with E-state index in [0.717, 1.165) is 25.7 Å². The first kappa shape index (κ1) is 16.2. The summed E-state index contributed by atoms with van der Waals surface area (Å²) in [5.41, 5.74) is -0.421. The van der Waals surface area contributed by atoms with Gasteiger partial charge in [0.15, 0.2) is 5.79 Å². The number of rotatable bonds is 4. The van der Waals surface area contributed by atoms with Crippen molar-refractivity contribution in [2.45, 2.75) is 64.3 Å². The molecule has 0 radical (unpaired) electrons. The summed E-state index contributed by atoms with van der Waals surface area (Å²) in [6, 6.07) is 0. The summed E-state index contributed by atoms with van der Waals surface area (Å²) in [4.78, 5) is 22.9. The van der Waals surface area contributed by atoms with Gasteiger partial charge in [0.1, 0.15) is 6.10 Å². The maximum atomic E-state index is 12.3. The van der Waals surface area contributed by atoms with E-state index in [-0.39, 0.29) is 18.9 Å². The van der Waals surface area contributed by atoms with Crippen LogP contribution in [0.3, 0.4) is 0 Å². The van der Waals surface area contributed by atoms with E-state index < -0.39 is 23.3 Å². The Morgan fingerprint density at radius 3 is 2.52 bits per heavy atom. The van der Waals surface area contributed by atoms with Gasteiger partial charge in [-0.3, -0.25) is 9.59 Å². The molecule has 1 aliphatic carbocycles. The summed E-state index contributed by atoms with van der Waals surface area (Å²) in [5.74, 6) is -1.79. The molecule has 1 atom stereocenters. The average Bonchev–Trinajstić information content (AvgIpc) is 2.42. The second-order valence-electron chi connectivity index (χ2n) is 6.68. The molecule has 6 nitrogen and oxygen atoms in total. The number of carbonyl (C=O) groups excluding carboxylic acids is 1. The van der Waals surface area contributed by atoms with Gasteiger partial charge in [0, 0.05) is 24.8 Å². The van der Waals surface area contributed by atoms with E-state index in [4.69, 9.17) is 14.6 Å². The summed E-state index contributed by atoms with van der Waals surface area (Å²) in [7, 11) is 0. The van der Waals surface area contributed by atoms with Gasteiger partial charge >= 0.3 is 5.97 Å². The summed E-state index contributed by atoms with van der Waals surface area (Å²) in [6.07, 6.45) is 4.23. The van der Waals surface area contributed by atoms with Gasteiger partial charge in [-0.2, -0.15) is 0 Å². The Bertz CT molecular complexity index is 401. The number of aliphatic carboxylic acids is 1. The maximum Gasteiger partial charge on any atom is 0.305 e. The molecule has 0 aromatic carbocycles. The minimum absolute atomic E-state index is 0.0828. The van der Waals surface area contributed by atoms with Crippen molar-refractivity contribution >= 4 is 11.9 Å². The molecule has 1 saturated carbocycles. The zero-order valence-corrected chi connectivity index (χ0v) is 12.8. The molecule has 0 bridgehead atoms. The SMILES string of the molecule is CC1(C)COC2(CCCCC2)O[C@H]1C(=O)NCCC(=O)O. The number of carboxylic acid groups (broad SMARTS) is 1. The van der Waals surface area contributed by atoms with Gasteiger partial charge in [0.05, 0.1) is 13.0 Å². The molecule has 120 valence electrons. The molecule has 2 aliphatic rings. The molecular weight excluding hydrogens is 274 g/mol. The second kappa shape index (κ2) is 6.32. The van der Waals surface area contributed by atoms with E-state index in [0.29, 0.717) is 6.61 Å². The first-order valence-corrected chi connectivity index (χ1v) is 7.66. The minimum atomic E-state index is -0.925. The van der Waals surface area contributed by atoms with Gasteiger partial charge in [-0.15, -0.1) is 0 Å². The molecule has 0 aromatic heterocycles. The number of carbonyl (C=O) groups is 2. The smallest absolute Gasteiger partial charge is 0.305 e. The monoisotopic (exact) mass is 299 g/mol. The van der Waals surface area contributed by atoms with Crippen LogP contribution in [-0.4, -0.2) is 42.0 Å². The lowest BCUT2D eigenvalue weighted by atomic mass is 9.83. The molecule has 1 saturated heterocycles. The summed E-state index contributed by atoms with van der Waals surface area (Å²) in [6.45, 7) is 4.47. The Kier molecular flexibility index (Phi) is 4.88. The van der Waals surface area contributed by atoms with Crippen molar-refractivity contribution in [1.82, 2.24) is 5.32 Å². The highest BCUT2D eigenvalue weighted by molar-refractivity contribution is 5.82. The molecule has 21 heavy (non-hydrogen) atoms. The number of hydrogen-bond donors (Lipinski definition) is 2. The molecular formula is C15H25NO5. The van der Waals surface area contributed by atoms with Gasteiger partial charge in [-0.1, -0.05) is 20.3 Å². The van der Waals surface area contributed by atoms with Crippen LogP contribution in [-0.2, 0) is 19.1 Å². The number of hydrogen-bond acceptors (Lipinski definition) is 4. The van der Waals surface area contributed by atoms with E-state index in [1.165, 1.54) is 6.42 Å². The van der Waals surface area contributed by atoms with Crippen LogP contribution in [0.2, 0.25) is 0 Å².